The van der Waals surface area contributed by atoms with Crippen LogP contribution in [0.3, 0.4) is 0 Å². The highest BCUT2D eigenvalue weighted by Gasteiger charge is 2.35. The number of hydrogen-bond donors (Lipinski definition) is 5. The number of nitrogens with zero attached hydrogens (tertiary/aromatic N) is 1. The molecule has 5 N–H and O–H groups in total. The molecule has 4 atom stereocenters. The quantitative estimate of drug-likeness (QED) is 0.175. The molecule has 4 unspecified atom stereocenters. The third-order valence-electron chi connectivity index (χ3n) is 7.30. The number of hydrogen-bond acceptors (Lipinski definition) is 8. The van der Waals surface area contributed by atoms with E-state index in [-0.39, 0.29) is 12.0 Å². The van der Waals surface area contributed by atoms with Gasteiger partial charge in [0.25, 0.3) is 5.91 Å². The van der Waals surface area contributed by atoms with E-state index in [0.29, 0.717) is 0 Å². The van der Waals surface area contributed by atoms with Crippen molar-refractivity contribution < 1.29 is 38.3 Å². The molecule has 1 fully saturated rings. The predicted molar refractivity (Wildman–Crippen MR) is 168 cm³/mol. The smallest absolute Gasteiger partial charge is 0.408 e. The molecule has 0 heterocycles. The summed E-state index contributed by atoms with van der Waals surface area (Å²) in [4.78, 5) is 91.5. The summed E-state index contributed by atoms with van der Waals surface area (Å²) >= 11 is 0. The Morgan fingerprint density at radius 3 is 1.73 bits per heavy atom. The number of rotatable bonds is 14. The SMILES string of the molecule is CC(NC(=O)C(CC(=O)N(C)C)NC(=O)C(NC(=O)C(NC(=O)OC(C)(C)C)C(C)C)C(C)C)C(=O)C(=O)NC1CCCCC1. The van der Waals surface area contributed by atoms with Gasteiger partial charge in [-0.25, -0.2) is 4.79 Å². The van der Waals surface area contributed by atoms with E-state index in [1.807, 2.05) is 0 Å². The molecule has 0 spiro atoms. The summed E-state index contributed by atoms with van der Waals surface area (Å²) in [5.74, 6) is -5.18. The number of nitrogens with one attached hydrogen (secondary N) is 5. The molecule has 14 heteroatoms. The Kier molecular flexibility index (Phi) is 15.5. The number of Topliss-reactive ketones (excluding diaryl/α,β-unsaturated/α-hetero) is 1. The summed E-state index contributed by atoms with van der Waals surface area (Å²) in [7, 11) is 2.98. The Hall–Kier alpha value is -3.71. The van der Waals surface area contributed by atoms with Crippen LogP contribution in [0.25, 0.3) is 0 Å². The van der Waals surface area contributed by atoms with Crippen molar-refractivity contribution in [2.45, 2.75) is 130 Å². The molecule has 1 aliphatic rings. The van der Waals surface area contributed by atoms with Crippen LogP contribution in [0.2, 0.25) is 0 Å². The van der Waals surface area contributed by atoms with Crippen molar-refractivity contribution in [2.75, 3.05) is 14.1 Å². The van der Waals surface area contributed by atoms with Gasteiger partial charge < -0.3 is 36.2 Å². The summed E-state index contributed by atoms with van der Waals surface area (Å²) in [6, 6.07) is -4.91. The van der Waals surface area contributed by atoms with Crippen molar-refractivity contribution in [2.24, 2.45) is 11.8 Å². The van der Waals surface area contributed by atoms with Gasteiger partial charge in [-0.15, -0.1) is 0 Å². The highest BCUT2D eigenvalue weighted by Crippen LogP contribution is 2.17. The Bertz CT molecular complexity index is 1080. The maximum atomic E-state index is 13.5. The van der Waals surface area contributed by atoms with E-state index in [1.54, 1.807) is 48.5 Å². The Morgan fingerprint density at radius 2 is 1.24 bits per heavy atom. The molecule has 45 heavy (non-hydrogen) atoms. The van der Waals surface area contributed by atoms with E-state index in [2.05, 4.69) is 26.6 Å². The van der Waals surface area contributed by atoms with Gasteiger partial charge in [-0.3, -0.25) is 28.8 Å². The Balaban J connectivity index is 3.05. The third-order valence-corrected chi connectivity index (χ3v) is 7.30. The van der Waals surface area contributed by atoms with E-state index in [4.69, 9.17) is 4.74 Å². The fraction of sp³-hybridized carbons (Fsp3) is 0.774. The van der Waals surface area contributed by atoms with Crippen molar-refractivity contribution in [1.29, 1.82) is 0 Å². The van der Waals surface area contributed by atoms with Gasteiger partial charge in [0.05, 0.1) is 12.5 Å². The second-order valence-electron chi connectivity index (χ2n) is 13.6. The Morgan fingerprint density at radius 1 is 0.733 bits per heavy atom. The van der Waals surface area contributed by atoms with Crippen molar-refractivity contribution in [1.82, 2.24) is 31.5 Å². The fourth-order valence-corrected chi connectivity index (χ4v) is 4.66. The van der Waals surface area contributed by atoms with Crippen LogP contribution in [-0.2, 0) is 33.5 Å². The number of carbonyl (C=O) groups is 7. The van der Waals surface area contributed by atoms with Crippen LogP contribution in [0.15, 0.2) is 0 Å². The van der Waals surface area contributed by atoms with Gasteiger partial charge in [-0.05, 0) is 52.4 Å². The van der Waals surface area contributed by atoms with Crippen LogP contribution in [-0.4, -0.2) is 96.2 Å². The van der Waals surface area contributed by atoms with Crippen LogP contribution in [0.1, 0.15) is 93.9 Å². The molecule has 0 aromatic carbocycles. The van der Waals surface area contributed by atoms with Crippen molar-refractivity contribution in [3.63, 3.8) is 0 Å². The summed E-state index contributed by atoms with van der Waals surface area (Å²) < 4.78 is 5.27. The lowest BCUT2D eigenvalue weighted by molar-refractivity contribution is -0.141. The molecular formula is C31H54N6O8. The van der Waals surface area contributed by atoms with Gasteiger partial charge in [-0.1, -0.05) is 47.0 Å². The largest absolute Gasteiger partial charge is 0.444 e. The first-order valence-electron chi connectivity index (χ1n) is 15.7. The molecule has 0 aromatic heterocycles. The zero-order valence-electron chi connectivity index (χ0n) is 28.5. The number of alkyl carbamates (subject to hydrolysis) is 1. The fourth-order valence-electron chi connectivity index (χ4n) is 4.66. The van der Waals surface area contributed by atoms with E-state index in [1.165, 1.54) is 25.9 Å². The maximum absolute atomic E-state index is 13.5. The highest BCUT2D eigenvalue weighted by atomic mass is 16.6. The van der Waals surface area contributed by atoms with Gasteiger partial charge in [0, 0.05) is 20.1 Å². The lowest BCUT2D eigenvalue weighted by atomic mass is 9.95. The summed E-state index contributed by atoms with van der Waals surface area (Å²) in [5.41, 5.74) is -0.788. The lowest BCUT2D eigenvalue weighted by Gasteiger charge is -2.29. The monoisotopic (exact) mass is 638 g/mol. The molecule has 1 rings (SSSR count). The predicted octanol–water partition coefficient (Wildman–Crippen LogP) is 1.16. The molecule has 1 aliphatic carbocycles. The molecule has 1 saturated carbocycles. The minimum absolute atomic E-state index is 0.0966. The second kappa shape index (κ2) is 17.7. The molecule has 256 valence electrons. The lowest BCUT2D eigenvalue weighted by Crippen LogP contribution is -2.60. The maximum Gasteiger partial charge on any atom is 0.408 e. The minimum Gasteiger partial charge on any atom is -0.444 e. The molecule has 6 amide bonds. The van der Waals surface area contributed by atoms with E-state index >= 15 is 0 Å². The zero-order valence-corrected chi connectivity index (χ0v) is 28.5. The summed E-state index contributed by atoms with van der Waals surface area (Å²) in [6.07, 6.45) is 3.33. The van der Waals surface area contributed by atoms with Gasteiger partial charge in [-0.2, -0.15) is 0 Å². The number of ether oxygens (including phenoxy) is 1. The second-order valence-corrected chi connectivity index (χ2v) is 13.6. The first kappa shape index (κ1) is 39.3. The normalized spacial score (nSPS) is 16.4. The summed E-state index contributed by atoms with van der Waals surface area (Å²) in [5, 5.41) is 12.9. The van der Waals surface area contributed by atoms with E-state index in [0.717, 1.165) is 32.1 Å². The van der Waals surface area contributed by atoms with E-state index < -0.39 is 83.5 Å². The third kappa shape index (κ3) is 13.9. The van der Waals surface area contributed by atoms with Gasteiger partial charge in [0.2, 0.25) is 29.4 Å². The topological polar surface area (TPSA) is 192 Å². The van der Waals surface area contributed by atoms with E-state index in [9.17, 15) is 33.6 Å². The van der Waals surface area contributed by atoms with Crippen molar-refractivity contribution in [3.8, 4) is 0 Å². The Labute approximate surface area is 266 Å². The van der Waals surface area contributed by atoms with Gasteiger partial charge >= 0.3 is 6.09 Å². The molecule has 0 bridgehead atoms. The van der Waals surface area contributed by atoms with Crippen LogP contribution >= 0.6 is 0 Å². The molecule has 14 nitrogen and oxygen atoms in total. The van der Waals surface area contributed by atoms with Crippen LogP contribution < -0.4 is 26.6 Å². The first-order valence-corrected chi connectivity index (χ1v) is 15.7. The number of ketones is 1. The number of amides is 6. The number of carbonyl (C=O) groups excluding carboxylic acids is 7. The molecule has 0 aromatic rings. The van der Waals surface area contributed by atoms with Crippen molar-refractivity contribution >= 4 is 41.4 Å². The standard InChI is InChI=1S/C31H54N6O8/c1-17(2)23(35-28(42)24(18(3)4)36-30(44)45-31(6,7)8)27(41)34-21(16-22(38)37(9)10)26(40)32-19(5)25(39)29(43)33-20-14-12-11-13-15-20/h17-21,23-24H,11-16H2,1-10H3,(H,32,40)(H,33,43)(H,34,41)(H,35,42)(H,36,44). The molecule has 0 aliphatic heterocycles. The average Bonchev–Trinajstić information content (AvgIpc) is 2.92. The van der Waals surface area contributed by atoms with Gasteiger partial charge in [0.1, 0.15) is 23.7 Å². The van der Waals surface area contributed by atoms with Crippen molar-refractivity contribution in [3.05, 3.63) is 0 Å². The summed E-state index contributed by atoms with van der Waals surface area (Å²) in [6.45, 7) is 13.2. The van der Waals surface area contributed by atoms with Crippen LogP contribution in [0, 0.1) is 11.8 Å². The minimum atomic E-state index is -1.41. The first-order chi connectivity index (χ1) is 20.7. The molecule has 0 radical (unpaired) electrons. The van der Waals surface area contributed by atoms with Crippen LogP contribution in [0.4, 0.5) is 4.79 Å². The van der Waals surface area contributed by atoms with Gasteiger partial charge in [0.15, 0.2) is 0 Å². The highest BCUT2D eigenvalue weighted by molar-refractivity contribution is 6.38. The average molecular weight is 639 g/mol. The zero-order chi connectivity index (χ0) is 34.6. The molecule has 0 saturated heterocycles. The van der Waals surface area contributed by atoms with Crippen LogP contribution in [0.5, 0.6) is 0 Å². The molecular weight excluding hydrogens is 584 g/mol.